The lowest BCUT2D eigenvalue weighted by molar-refractivity contribution is -0.161. The topological polar surface area (TPSA) is 177 Å². The van der Waals surface area contributed by atoms with E-state index in [1.807, 2.05) is 12.2 Å². The number of allylic oxidation sites excluding steroid dienone is 2. The molecule has 1 saturated carbocycles. The average Bonchev–Trinajstić information content (AvgIpc) is 3.35. The number of Topliss-reactive ketones (excluding diaryl/α,β-unsaturated/α-hetero) is 1. The third kappa shape index (κ3) is 25.7. The van der Waals surface area contributed by atoms with Crippen LogP contribution in [0.2, 0.25) is 0 Å². The summed E-state index contributed by atoms with van der Waals surface area (Å²) in [6, 6.07) is 0. The quantitative estimate of drug-likeness (QED) is 0.0226. The van der Waals surface area contributed by atoms with E-state index < -0.39 is 44.7 Å². The Hall–Kier alpha value is -1.88. The summed E-state index contributed by atoms with van der Waals surface area (Å²) < 4.78 is 26.3. The van der Waals surface area contributed by atoms with Crippen LogP contribution >= 0.6 is 7.82 Å². The normalized spacial score (nSPS) is 19.3. The van der Waals surface area contributed by atoms with Crippen molar-refractivity contribution in [1.82, 2.24) is 0 Å². The number of phosphoric acid groups is 1. The molecule has 0 amide bonds. The summed E-state index contributed by atoms with van der Waals surface area (Å²) in [5.41, 5.74) is 0. The van der Waals surface area contributed by atoms with Crippen LogP contribution in [-0.4, -0.2) is 69.2 Å². The first-order chi connectivity index (χ1) is 24.5. The molecule has 0 aromatic carbocycles. The van der Waals surface area contributed by atoms with Gasteiger partial charge in [0, 0.05) is 31.1 Å². The Balaban J connectivity index is 2.34. The van der Waals surface area contributed by atoms with Gasteiger partial charge in [0.25, 0.3) is 0 Å². The number of ether oxygens (including phenoxy) is 2. The number of aliphatic hydroxyl groups excluding tert-OH is 2. The van der Waals surface area contributed by atoms with Gasteiger partial charge in [-0.2, -0.15) is 0 Å². The van der Waals surface area contributed by atoms with Crippen molar-refractivity contribution in [3.63, 3.8) is 0 Å². The summed E-state index contributed by atoms with van der Waals surface area (Å²) in [5, 5.41) is 20.6. The fraction of sp³-hybridized carbons (Fsp3) is 0.821. The maximum Gasteiger partial charge on any atom is 0.469 e. The highest BCUT2D eigenvalue weighted by Crippen LogP contribution is 2.36. The molecule has 0 bridgehead atoms. The Morgan fingerprint density at radius 3 is 1.98 bits per heavy atom. The lowest BCUT2D eigenvalue weighted by atomic mass is 9.90. The van der Waals surface area contributed by atoms with Gasteiger partial charge in [0.2, 0.25) is 0 Å². The van der Waals surface area contributed by atoms with Gasteiger partial charge in [0.15, 0.2) is 6.10 Å². The fourth-order valence-electron chi connectivity index (χ4n) is 6.29. The zero-order valence-corrected chi connectivity index (χ0v) is 32.4. The summed E-state index contributed by atoms with van der Waals surface area (Å²) in [5.74, 6) is -1.82. The van der Waals surface area contributed by atoms with Gasteiger partial charge in [-0.3, -0.25) is 18.9 Å². The van der Waals surface area contributed by atoms with Gasteiger partial charge in [-0.15, -0.1) is 0 Å². The molecule has 1 aliphatic rings. The van der Waals surface area contributed by atoms with Crippen LogP contribution in [0.25, 0.3) is 0 Å². The lowest BCUT2D eigenvalue weighted by Crippen LogP contribution is -2.29. The molecule has 51 heavy (non-hydrogen) atoms. The third-order valence-corrected chi connectivity index (χ3v) is 9.83. The van der Waals surface area contributed by atoms with Crippen molar-refractivity contribution < 1.29 is 52.9 Å². The molecule has 4 N–H and O–H groups in total. The van der Waals surface area contributed by atoms with Crippen LogP contribution < -0.4 is 0 Å². The molecule has 296 valence electrons. The van der Waals surface area contributed by atoms with Crippen molar-refractivity contribution in [3.8, 4) is 0 Å². The Labute approximate surface area is 307 Å². The average molecular weight is 745 g/mol. The summed E-state index contributed by atoms with van der Waals surface area (Å²) in [6.07, 6.45) is 25.5. The molecule has 12 heteroatoms. The van der Waals surface area contributed by atoms with E-state index in [0.29, 0.717) is 32.1 Å². The van der Waals surface area contributed by atoms with Crippen LogP contribution in [0.3, 0.4) is 0 Å². The number of carbonyl (C=O) groups is 3. The van der Waals surface area contributed by atoms with E-state index in [9.17, 15) is 29.2 Å². The number of rotatable bonds is 32. The SMILES string of the molecule is CCCCCCCCCCCCCCCC(=O)OC[C@H](COP(=O)(O)O)OC(=O)CCC/C=C\C[C@H]1C(=O)C[C@@H](O)[C@@H]1/C=C/[C@@H](O)CCCCC. The molecule has 0 aromatic heterocycles. The number of phosphoric ester groups is 1. The maximum absolute atomic E-state index is 12.5. The predicted molar refractivity (Wildman–Crippen MR) is 199 cm³/mol. The molecule has 5 atom stereocenters. The van der Waals surface area contributed by atoms with Gasteiger partial charge in [-0.25, -0.2) is 4.57 Å². The van der Waals surface area contributed by atoms with Crippen LogP contribution in [0.15, 0.2) is 24.3 Å². The van der Waals surface area contributed by atoms with E-state index >= 15 is 0 Å². The number of carbonyl (C=O) groups excluding carboxylic acids is 3. The highest BCUT2D eigenvalue weighted by atomic mass is 31.2. The second-order valence-corrected chi connectivity index (χ2v) is 15.3. The van der Waals surface area contributed by atoms with Crippen molar-refractivity contribution in [1.29, 1.82) is 0 Å². The molecule has 1 fully saturated rings. The molecule has 0 aliphatic heterocycles. The Morgan fingerprint density at radius 1 is 0.804 bits per heavy atom. The van der Waals surface area contributed by atoms with E-state index in [1.54, 1.807) is 12.2 Å². The molecule has 0 aromatic rings. The summed E-state index contributed by atoms with van der Waals surface area (Å²) in [6.45, 7) is 3.35. The Bertz CT molecular complexity index is 1040. The van der Waals surface area contributed by atoms with Gasteiger partial charge in [0.05, 0.1) is 18.8 Å². The minimum Gasteiger partial charge on any atom is -0.462 e. The van der Waals surface area contributed by atoms with Gasteiger partial charge in [0.1, 0.15) is 12.4 Å². The molecule has 0 spiro atoms. The smallest absolute Gasteiger partial charge is 0.462 e. The van der Waals surface area contributed by atoms with Crippen molar-refractivity contribution in [2.75, 3.05) is 13.2 Å². The second kappa shape index (κ2) is 29.6. The largest absolute Gasteiger partial charge is 0.469 e. The molecule has 11 nitrogen and oxygen atoms in total. The first-order valence-corrected chi connectivity index (χ1v) is 21.3. The van der Waals surface area contributed by atoms with Gasteiger partial charge >= 0.3 is 19.8 Å². The van der Waals surface area contributed by atoms with Gasteiger partial charge in [-0.1, -0.05) is 134 Å². The number of esters is 2. The van der Waals surface area contributed by atoms with Crippen molar-refractivity contribution in [2.45, 2.75) is 180 Å². The fourth-order valence-corrected chi connectivity index (χ4v) is 6.66. The molecular formula is C39H69O11P. The molecule has 1 aliphatic carbocycles. The summed E-state index contributed by atoms with van der Waals surface area (Å²) in [4.78, 5) is 55.4. The van der Waals surface area contributed by atoms with Crippen LogP contribution in [0.4, 0.5) is 0 Å². The van der Waals surface area contributed by atoms with Crippen molar-refractivity contribution in [3.05, 3.63) is 24.3 Å². The third-order valence-electron chi connectivity index (χ3n) is 9.34. The van der Waals surface area contributed by atoms with Crippen LogP contribution in [0.1, 0.15) is 162 Å². The number of hydrogen-bond donors (Lipinski definition) is 4. The van der Waals surface area contributed by atoms with E-state index in [-0.39, 0.29) is 43.5 Å². The minimum atomic E-state index is -4.82. The summed E-state index contributed by atoms with van der Waals surface area (Å²) in [7, 11) is -4.82. The van der Waals surface area contributed by atoms with Gasteiger partial charge < -0.3 is 29.5 Å². The zero-order valence-electron chi connectivity index (χ0n) is 31.5. The van der Waals surface area contributed by atoms with E-state index in [1.165, 1.54) is 57.8 Å². The first kappa shape index (κ1) is 47.1. The molecule has 0 heterocycles. The van der Waals surface area contributed by atoms with E-state index in [4.69, 9.17) is 19.3 Å². The second-order valence-electron chi connectivity index (χ2n) is 14.0. The van der Waals surface area contributed by atoms with Crippen LogP contribution in [0.5, 0.6) is 0 Å². The Kier molecular flexibility index (Phi) is 27.3. The van der Waals surface area contributed by atoms with Crippen LogP contribution in [0, 0.1) is 11.8 Å². The van der Waals surface area contributed by atoms with E-state index in [2.05, 4.69) is 18.4 Å². The molecule has 0 unspecified atom stereocenters. The highest BCUT2D eigenvalue weighted by molar-refractivity contribution is 7.46. The highest BCUT2D eigenvalue weighted by Gasteiger charge is 2.39. The lowest BCUT2D eigenvalue weighted by Gasteiger charge is -2.18. The monoisotopic (exact) mass is 744 g/mol. The number of ketones is 1. The number of unbranched alkanes of at least 4 members (excludes halogenated alkanes) is 15. The Morgan fingerprint density at radius 2 is 1.37 bits per heavy atom. The predicted octanol–water partition coefficient (Wildman–Crippen LogP) is 8.21. The standard InChI is InChI=1S/C39H69O11P/c1-3-5-7-8-9-10-11-12-13-14-15-16-21-25-38(43)48-30-33(31-49-51(45,46)47)50-39(44)26-22-18-17-20-24-34-35(37(42)29-36(34)41)28-27-32(40)23-19-6-4-2/h17,20,27-28,32-35,37,40,42H,3-16,18-19,21-26,29-31H2,1-2H3,(H2,45,46,47)/b20-17-,28-27+/t32-,33+,34+,35+,37+/m0/s1. The van der Waals surface area contributed by atoms with Crippen molar-refractivity contribution in [2.24, 2.45) is 11.8 Å². The molecule has 1 rings (SSSR count). The van der Waals surface area contributed by atoms with Gasteiger partial charge in [-0.05, 0) is 32.1 Å². The molecular weight excluding hydrogens is 675 g/mol. The van der Waals surface area contributed by atoms with Crippen LogP contribution in [-0.2, 0) is 32.9 Å². The molecule has 0 saturated heterocycles. The molecule has 0 radical (unpaired) electrons. The van der Waals surface area contributed by atoms with E-state index in [0.717, 1.165) is 38.5 Å². The minimum absolute atomic E-state index is 0.0144. The zero-order chi connectivity index (χ0) is 37.7. The van der Waals surface area contributed by atoms with Crippen molar-refractivity contribution >= 4 is 25.5 Å². The maximum atomic E-state index is 12.5. The number of aliphatic hydroxyl groups is 2. The number of hydrogen-bond acceptors (Lipinski definition) is 9. The first-order valence-electron chi connectivity index (χ1n) is 19.7. The summed E-state index contributed by atoms with van der Waals surface area (Å²) >= 11 is 0.